The molecule has 0 rings (SSSR count). The van der Waals surface area contributed by atoms with Crippen molar-refractivity contribution >= 4 is 41.7 Å². The topological polar surface area (TPSA) is 101 Å². The SMILES string of the molecule is CCC(=O)O.CN(C)C(=O)S.NC(=O)S. The number of carboxylic acids is 1. The van der Waals surface area contributed by atoms with Crippen LogP contribution in [-0.2, 0) is 4.79 Å². The van der Waals surface area contributed by atoms with Gasteiger partial charge in [-0.2, -0.15) is 0 Å². The van der Waals surface area contributed by atoms with Gasteiger partial charge >= 0.3 is 5.97 Å². The van der Waals surface area contributed by atoms with E-state index in [1.165, 1.54) is 4.90 Å². The average molecular weight is 256 g/mol. The molecular formula is C7H16N2O4S2. The third-order valence-electron chi connectivity index (χ3n) is 0.685. The summed E-state index contributed by atoms with van der Waals surface area (Å²) in [6.07, 6.45) is 0.222. The zero-order valence-corrected chi connectivity index (χ0v) is 10.6. The Labute approximate surface area is 99.6 Å². The minimum atomic E-state index is -0.745. The van der Waals surface area contributed by atoms with E-state index in [9.17, 15) is 9.59 Å². The smallest absolute Gasteiger partial charge is 0.303 e. The van der Waals surface area contributed by atoms with E-state index in [2.05, 4.69) is 31.0 Å². The molecule has 0 aromatic rings. The zero-order chi connectivity index (χ0) is 13.0. The highest BCUT2D eigenvalue weighted by Crippen LogP contribution is 1.82. The van der Waals surface area contributed by atoms with Crippen LogP contribution in [0, 0.1) is 0 Å². The van der Waals surface area contributed by atoms with Gasteiger partial charge in [0.1, 0.15) is 0 Å². The Balaban J connectivity index is -0.000000147. The van der Waals surface area contributed by atoms with Crippen molar-refractivity contribution in [2.75, 3.05) is 14.1 Å². The van der Waals surface area contributed by atoms with Gasteiger partial charge in [-0.15, -0.1) is 0 Å². The van der Waals surface area contributed by atoms with Crippen molar-refractivity contribution in [1.29, 1.82) is 0 Å². The lowest BCUT2D eigenvalue weighted by Gasteiger charge is -2.01. The molecule has 0 aliphatic rings. The summed E-state index contributed by atoms with van der Waals surface area (Å²) in [5.74, 6) is -0.745. The molecule has 0 saturated carbocycles. The van der Waals surface area contributed by atoms with Crippen molar-refractivity contribution in [3.8, 4) is 0 Å². The highest BCUT2D eigenvalue weighted by Gasteiger charge is 1.89. The van der Waals surface area contributed by atoms with E-state index in [0.29, 0.717) is 0 Å². The fraction of sp³-hybridized carbons (Fsp3) is 0.571. The van der Waals surface area contributed by atoms with E-state index in [1.807, 2.05) is 0 Å². The van der Waals surface area contributed by atoms with Gasteiger partial charge in [0.25, 0.3) is 10.5 Å². The molecular weight excluding hydrogens is 240 g/mol. The molecule has 0 atom stereocenters. The normalized spacial score (nSPS) is 7.27. The van der Waals surface area contributed by atoms with Crippen LogP contribution in [0.2, 0.25) is 0 Å². The number of hydrogen-bond donors (Lipinski definition) is 4. The molecule has 0 aliphatic heterocycles. The van der Waals surface area contributed by atoms with Gasteiger partial charge in [0, 0.05) is 20.5 Å². The van der Waals surface area contributed by atoms with Crippen molar-refractivity contribution < 1.29 is 19.5 Å². The number of nitrogens with zero attached hydrogens (tertiary/aromatic N) is 1. The van der Waals surface area contributed by atoms with Crippen LogP contribution in [0.5, 0.6) is 0 Å². The summed E-state index contributed by atoms with van der Waals surface area (Å²) >= 11 is 6.58. The molecule has 0 fully saturated rings. The summed E-state index contributed by atoms with van der Waals surface area (Å²) in [5, 5.41) is 6.87. The van der Waals surface area contributed by atoms with Gasteiger partial charge in [-0.05, 0) is 0 Å². The Bertz CT molecular complexity index is 205. The molecule has 0 aromatic carbocycles. The van der Waals surface area contributed by atoms with Crippen molar-refractivity contribution in [2.45, 2.75) is 13.3 Å². The fourth-order valence-corrected chi connectivity index (χ4v) is 0. The monoisotopic (exact) mass is 256 g/mol. The van der Waals surface area contributed by atoms with Gasteiger partial charge in [-0.25, -0.2) is 0 Å². The van der Waals surface area contributed by atoms with Crippen LogP contribution in [0.3, 0.4) is 0 Å². The second-order valence-electron chi connectivity index (χ2n) is 2.26. The van der Waals surface area contributed by atoms with E-state index in [-0.39, 0.29) is 11.7 Å². The van der Waals surface area contributed by atoms with Crippen molar-refractivity contribution in [3.05, 3.63) is 0 Å². The van der Waals surface area contributed by atoms with E-state index < -0.39 is 11.2 Å². The van der Waals surface area contributed by atoms with Gasteiger partial charge in [-0.1, -0.05) is 32.2 Å². The van der Waals surface area contributed by atoms with Gasteiger partial charge < -0.3 is 15.7 Å². The maximum Gasteiger partial charge on any atom is 0.303 e. The molecule has 90 valence electrons. The van der Waals surface area contributed by atoms with E-state index in [0.717, 1.165) is 0 Å². The molecule has 0 spiro atoms. The van der Waals surface area contributed by atoms with Crippen molar-refractivity contribution in [1.82, 2.24) is 4.90 Å². The van der Waals surface area contributed by atoms with Crippen molar-refractivity contribution in [2.24, 2.45) is 5.73 Å². The molecule has 0 bridgehead atoms. The first-order valence-electron chi connectivity index (χ1n) is 3.75. The zero-order valence-electron chi connectivity index (χ0n) is 8.80. The molecule has 8 heteroatoms. The minimum absolute atomic E-state index is 0.213. The van der Waals surface area contributed by atoms with Crippen LogP contribution in [0.4, 0.5) is 9.59 Å². The van der Waals surface area contributed by atoms with Crippen LogP contribution in [0.1, 0.15) is 13.3 Å². The average Bonchev–Trinajstić information content (AvgIpc) is 2.04. The highest BCUT2D eigenvalue weighted by atomic mass is 32.1. The molecule has 2 amide bonds. The first-order chi connectivity index (χ1) is 6.64. The number of nitrogens with two attached hydrogens (primary N) is 1. The highest BCUT2D eigenvalue weighted by molar-refractivity contribution is 7.96. The Hall–Kier alpha value is -0.890. The maximum absolute atomic E-state index is 9.93. The summed E-state index contributed by atoms with van der Waals surface area (Å²) < 4.78 is 0. The Morgan fingerprint density at radius 3 is 1.40 bits per heavy atom. The molecule has 0 heterocycles. The van der Waals surface area contributed by atoms with Crippen molar-refractivity contribution in [3.63, 3.8) is 0 Å². The molecule has 6 nitrogen and oxygen atoms in total. The fourth-order valence-electron chi connectivity index (χ4n) is 0. The van der Waals surface area contributed by atoms with E-state index in [1.54, 1.807) is 21.0 Å². The second-order valence-corrected chi connectivity index (χ2v) is 3.09. The maximum atomic E-state index is 9.93. The molecule has 0 aromatic heterocycles. The molecule has 0 radical (unpaired) electrons. The van der Waals surface area contributed by atoms with E-state index >= 15 is 0 Å². The van der Waals surface area contributed by atoms with Gasteiger partial charge in [0.15, 0.2) is 0 Å². The lowest BCUT2D eigenvalue weighted by atomic mass is 10.5. The van der Waals surface area contributed by atoms with Crippen LogP contribution >= 0.6 is 25.3 Å². The molecule has 0 unspecified atom stereocenters. The van der Waals surface area contributed by atoms with Gasteiger partial charge in [0.05, 0.1) is 0 Å². The Kier molecular flexibility index (Phi) is 17.2. The predicted octanol–water partition coefficient (Wildman–Crippen LogP) is 1.07. The summed E-state index contributed by atoms with van der Waals surface area (Å²) in [6, 6.07) is 0. The number of rotatable bonds is 1. The largest absolute Gasteiger partial charge is 0.481 e. The standard InChI is InChI=1S/C3H7NOS.C3H6O2.CH3NOS/c1-4(2)3(5)6;1-2-3(4)5;2-1(3)4/h1-2H3,(H,5,6);2H2,1H3,(H,4,5);(H3,2,3,4). The van der Waals surface area contributed by atoms with Crippen LogP contribution in [-0.4, -0.2) is 40.5 Å². The first-order valence-corrected chi connectivity index (χ1v) is 4.64. The number of carbonyl (C=O) groups excluding carboxylic acids is 2. The molecule has 0 aliphatic carbocycles. The quantitative estimate of drug-likeness (QED) is 0.527. The minimum Gasteiger partial charge on any atom is -0.481 e. The number of aliphatic carboxylic acids is 1. The van der Waals surface area contributed by atoms with E-state index in [4.69, 9.17) is 9.90 Å². The lowest BCUT2D eigenvalue weighted by Crippen LogP contribution is -2.13. The molecule has 3 N–H and O–H groups in total. The number of primary amides is 1. The molecule has 0 saturated heterocycles. The number of amides is 2. The van der Waals surface area contributed by atoms with Crippen LogP contribution in [0.25, 0.3) is 0 Å². The van der Waals surface area contributed by atoms with Crippen LogP contribution < -0.4 is 5.73 Å². The van der Waals surface area contributed by atoms with Crippen LogP contribution in [0.15, 0.2) is 0 Å². The summed E-state index contributed by atoms with van der Waals surface area (Å²) in [7, 11) is 3.30. The molecule has 15 heavy (non-hydrogen) atoms. The number of carbonyl (C=O) groups is 3. The number of thiol groups is 2. The summed E-state index contributed by atoms with van der Waals surface area (Å²) in [6.45, 7) is 1.60. The number of hydrogen-bond acceptors (Lipinski definition) is 3. The lowest BCUT2D eigenvalue weighted by molar-refractivity contribution is -0.136. The Morgan fingerprint density at radius 2 is 1.40 bits per heavy atom. The van der Waals surface area contributed by atoms with Gasteiger partial charge in [0.2, 0.25) is 0 Å². The van der Waals surface area contributed by atoms with Gasteiger partial charge in [-0.3, -0.25) is 14.4 Å². The second kappa shape index (κ2) is 13.1. The predicted molar refractivity (Wildman–Crippen MR) is 64.6 cm³/mol. The summed E-state index contributed by atoms with van der Waals surface area (Å²) in [5.41, 5.74) is 4.34. The number of carboxylic acid groups (broad SMARTS) is 1. The Morgan fingerprint density at radius 1 is 1.27 bits per heavy atom. The third-order valence-corrected chi connectivity index (χ3v) is 1.09. The first kappa shape index (κ1) is 19.6. The summed E-state index contributed by atoms with van der Waals surface area (Å²) in [4.78, 5) is 29.8. The third kappa shape index (κ3) is 62.0.